The van der Waals surface area contributed by atoms with E-state index in [9.17, 15) is 4.79 Å². The van der Waals surface area contributed by atoms with Gasteiger partial charge in [0.05, 0.1) is 20.8 Å². The largest absolute Gasteiger partial charge is 0.348 e. The predicted octanol–water partition coefficient (Wildman–Crippen LogP) is 5.86. The fraction of sp³-hybridized carbons (Fsp3) is 0.0909. The molecule has 1 amide bonds. The summed E-state index contributed by atoms with van der Waals surface area (Å²) in [4.78, 5) is 17.0. The maximum atomic E-state index is 12.3. The molecule has 0 fully saturated rings. The van der Waals surface area contributed by atoms with Gasteiger partial charge in [-0.1, -0.05) is 54.1 Å². The topological polar surface area (TPSA) is 42.0 Å². The van der Waals surface area contributed by atoms with Crippen molar-refractivity contribution in [3.8, 4) is 10.6 Å². The number of thiazole rings is 1. The van der Waals surface area contributed by atoms with E-state index in [4.69, 9.17) is 11.6 Å². The summed E-state index contributed by atoms with van der Waals surface area (Å²) in [5, 5.41) is 4.39. The first-order valence-corrected chi connectivity index (χ1v) is 9.79. The minimum atomic E-state index is -0.171. The number of halogens is 1. The molecule has 1 aromatic heterocycles. The highest BCUT2D eigenvalue weighted by atomic mass is 35.5. The Bertz CT molecular complexity index is 1090. The molecule has 27 heavy (non-hydrogen) atoms. The normalized spacial score (nSPS) is 10.9. The maximum absolute atomic E-state index is 12.3. The number of nitrogens with one attached hydrogen (secondary N) is 1. The van der Waals surface area contributed by atoms with Crippen LogP contribution in [-0.2, 0) is 6.54 Å². The zero-order valence-electron chi connectivity index (χ0n) is 14.7. The lowest BCUT2D eigenvalue weighted by Crippen LogP contribution is -2.23. The van der Waals surface area contributed by atoms with Gasteiger partial charge < -0.3 is 5.32 Å². The third-order valence-corrected chi connectivity index (χ3v) is 5.72. The molecule has 4 aromatic rings. The Morgan fingerprint density at radius 3 is 2.59 bits per heavy atom. The van der Waals surface area contributed by atoms with Crippen LogP contribution >= 0.6 is 22.9 Å². The van der Waals surface area contributed by atoms with E-state index in [0.717, 1.165) is 27.2 Å². The molecule has 4 rings (SSSR count). The number of carbonyl (C=O) groups excluding carboxylic acids is 1. The molecule has 3 nitrogen and oxygen atoms in total. The highest BCUT2D eigenvalue weighted by molar-refractivity contribution is 7.21. The van der Waals surface area contributed by atoms with Crippen LogP contribution in [0, 0.1) is 6.92 Å². The summed E-state index contributed by atoms with van der Waals surface area (Å²) in [6, 6.07) is 21.7. The Morgan fingerprint density at radius 2 is 1.85 bits per heavy atom. The number of hydrogen-bond acceptors (Lipinski definition) is 3. The van der Waals surface area contributed by atoms with Crippen molar-refractivity contribution >= 4 is 39.1 Å². The standard InChI is InChI=1S/C22H17ClN2OS/c1-14-6-11-17(18(23)12-14)21(26)24-13-15-7-9-16(10-8-15)22-25-19-4-2-3-5-20(19)27-22/h2-12H,13H2,1H3,(H,24,26). The Hall–Kier alpha value is -2.69. The summed E-state index contributed by atoms with van der Waals surface area (Å²) in [6.07, 6.45) is 0. The number of rotatable bonds is 4. The summed E-state index contributed by atoms with van der Waals surface area (Å²) in [7, 11) is 0. The first-order chi connectivity index (χ1) is 13.1. The number of aromatic nitrogens is 1. The second kappa shape index (κ2) is 7.51. The van der Waals surface area contributed by atoms with Crippen molar-refractivity contribution < 1.29 is 4.79 Å². The van der Waals surface area contributed by atoms with Crippen molar-refractivity contribution in [3.05, 3.63) is 88.4 Å². The number of amides is 1. The van der Waals surface area contributed by atoms with Crippen molar-refractivity contribution in [2.24, 2.45) is 0 Å². The highest BCUT2D eigenvalue weighted by Gasteiger charge is 2.10. The van der Waals surface area contributed by atoms with Crippen LogP contribution in [0.5, 0.6) is 0 Å². The molecule has 0 aliphatic rings. The molecule has 0 radical (unpaired) electrons. The average Bonchev–Trinajstić information content (AvgIpc) is 3.11. The molecular weight excluding hydrogens is 376 g/mol. The van der Waals surface area contributed by atoms with Gasteiger partial charge in [0.2, 0.25) is 0 Å². The summed E-state index contributed by atoms with van der Waals surface area (Å²) in [6.45, 7) is 2.39. The van der Waals surface area contributed by atoms with Gasteiger partial charge in [-0.3, -0.25) is 4.79 Å². The summed E-state index contributed by atoms with van der Waals surface area (Å²) < 4.78 is 1.18. The van der Waals surface area contributed by atoms with Crippen LogP contribution in [-0.4, -0.2) is 10.9 Å². The molecule has 1 heterocycles. The Morgan fingerprint density at radius 1 is 1.07 bits per heavy atom. The van der Waals surface area contributed by atoms with E-state index in [2.05, 4.69) is 16.4 Å². The molecule has 3 aromatic carbocycles. The number of benzene rings is 3. The molecule has 0 saturated heterocycles. The lowest BCUT2D eigenvalue weighted by Gasteiger charge is -2.08. The van der Waals surface area contributed by atoms with Crippen molar-refractivity contribution in [3.63, 3.8) is 0 Å². The average molecular weight is 393 g/mol. The molecule has 5 heteroatoms. The number of fused-ring (bicyclic) bond motifs is 1. The van der Waals surface area contributed by atoms with Gasteiger partial charge in [0.1, 0.15) is 5.01 Å². The predicted molar refractivity (Wildman–Crippen MR) is 112 cm³/mol. The highest BCUT2D eigenvalue weighted by Crippen LogP contribution is 2.30. The van der Waals surface area contributed by atoms with Crippen molar-refractivity contribution in [2.45, 2.75) is 13.5 Å². The summed E-state index contributed by atoms with van der Waals surface area (Å²) >= 11 is 7.84. The van der Waals surface area contributed by atoms with E-state index in [-0.39, 0.29) is 5.91 Å². The van der Waals surface area contributed by atoms with Gasteiger partial charge in [-0.05, 0) is 42.3 Å². The number of nitrogens with zero attached hydrogens (tertiary/aromatic N) is 1. The molecular formula is C22H17ClN2OS. The van der Waals surface area contributed by atoms with Gasteiger partial charge in [-0.15, -0.1) is 11.3 Å². The quantitative estimate of drug-likeness (QED) is 0.473. The molecule has 0 saturated carbocycles. The molecule has 0 bridgehead atoms. The van der Waals surface area contributed by atoms with Crippen molar-refractivity contribution in [2.75, 3.05) is 0 Å². The van der Waals surface area contributed by atoms with E-state index >= 15 is 0 Å². The SMILES string of the molecule is Cc1ccc(C(=O)NCc2ccc(-c3nc4ccccc4s3)cc2)c(Cl)c1. The van der Waals surface area contributed by atoms with Crippen LogP contribution in [0.3, 0.4) is 0 Å². The van der Waals surface area contributed by atoms with Crippen LogP contribution in [0.4, 0.5) is 0 Å². The third-order valence-electron chi connectivity index (χ3n) is 4.32. The zero-order valence-corrected chi connectivity index (χ0v) is 16.3. The van der Waals surface area contributed by atoms with Crippen LogP contribution in [0.15, 0.2) is 66.7 Å². The number of hydrogen-bond donors (Lipinski definition) is 1. The van der Waals surface area contributed by atoms with Crippen molar-refractivity contribution in [1.82, 2.24) is 10.3 Å². The second-order valence-electron chi connectivity index (χ2n) is 6.35. The Labute approximate surface area is 166 Å². The molecule has 0 spiro atoms. The molecule has 0 aliphatic carbocycles. The van der Waals surface area contributed by atoms with Gasteiger partial charge in [-0.2, -0.15) is 0 Å². The van der Waals surface area contributed by atoms with Gasteiger partial charge in [0.25, 0.3) is 5.91 Å². The Balaban J connectivity index is 1.45. The third kappa shape index (κ3) is 3.87. The van der Waals surface area contributed by atoms with Crippen LogP contribution in [0.2, 0.25) is 5.02 Å². The fourth-order valence-corrected chi connectivity index (χ4v) is 4.13. The zero-order chi connectivity index (χ0) is 18.8. The molecule has 134 valence electrons. The number of aryl methyl sites for hydroxylation is 1. The van der Waals surface area contributed by atoms with Crippen LogP contribution < -0.4 is 5.32 Å². The first kappa shape index (κ1) is 17.7. The molecule has 0 unspecified atom stereocenters. The minimum Gasteiger partial charge on any atom is -0.348 e. The van der Waals surface area contributed by atoms with Crippen LogP contribution in [0.1, 0.15) is 21.5 Å². The van der Waals surface area contributed by atoms with E-state index in [1.54, 1.807) is 23.5 Å². The first-order valence-electron chi connectivity index (χ1n) is 8.59. The van der Waals surface area contributed by atoms with Crippen molar-refractivity contribution in [1.29, 1.82) is 0 Å². The fourth-order valence-electron chi connectivity index (χ4n) is 2.84. The van der Waals surface area contributed by atoms with E-state index < -0.39 is 0 Å². The van der Waals surface area contributed by atoms with Crippen LogP contribution in [0.25, 0.3) is 20.8 Å². The van der Waals surface area contributed by atoms with E-state index in [1.165, 1.54) is 4.70 Å². The lowest BCUT2D eigenvalue weighted by atomic mass is 10.1. The molecule has 1 N–H and O–H groups in total. The number of carbonyl (C=O) groups is 1. The van der Waals surface area contributed by atoms with Gasteiger partial charge in [0.15, 0.2) is 0 Å². The molecule has 0 atom stereocenters. The monoisotopic (exact) mass is 392 g/mol. The minimum absolute atomic E-state index is 0.171. The van der Waals surface area contributed by atoms with E-state index in [1.807, 2.05) is 55.5 Å². The van der Waals surface area contributed by atoms with E-state index in [0.29, 0.717) is 17.1 Å². The number of para-hydroxylation sites is 1. The van der Waals surface area contributed by atoms with Gasteiger partial charge in [-0.25, -0.2) is 4.98 Å². The van der Waals surface area contributed by atoms with Gasteiger partial charge >= 0.3 is 0 Å². The van der Waals surface area contributed by atoms with Gasteiger partial charge in [0, 0.05) is 12.1 Å². The summed E-state index contributed by atoms with van der Waals surface area (Å²) in [5.41, 5.74) is 4.64. The lowest BCUT2D eigenvalue weighted by molar-refractivity contribution is 0.0951. The summed E-state index contributed by atoms with van der Waals surface area (Å²) in [5.74, 6) is -0.171. The molecule has 0 aliphatic heterocycles. The Kier molecular flexibility index (Phi) is 4.92. The second-order valence-corrected chi connectivity index (χ2v) is 7.79. The maximum Gasteiger partial charge on any atom is 0.253 e. The smallest absolute Gasteiger partial charge is 0.253 e.